The maximum Gasteiger partial charge on any atom is 0.149 e. The van der Waals surface area contributed by atoms with Gasteiger partial charge in [0.05, 0.1) is 10.2 Å². The Bertz CT molecular complexity index is 425. The van der Waals surface area contributed by atoms with E-state index in [4.69, 9.17) is 5.73 Å². The van der Waals surface area contributed by atoms with Crippen LogP contribution in [0.1, 0.15) is 0 Å². The summed E-state index contributed by atoms with van der Waals surface area (Å²) in [5, 5.41) is 2.03. The van der Waals surface area contributed by atoms with Crippen molar-refractivity contribution in [2.24, 2.45) is 5.73 Å². The topological polar surface area (TPSA) is 55.0 Å². The van der Waals surface area contributed by atoms with Gasteiger partial charge < -0.3 is 10.6 Å². The molecule has 0 bridgehead atoms. The van der Waals surface area contributed by atoms with Crippen LogP contribution >= 0.6 is 11.3 Å². The number of rotatable bonds is 3. The molecule has 4 nitrogen and oxygen atoms in total. The lowest BCUT2D eigenvalue weighted by atomic mass is 10.4. The van der Waals surface area contributed by atoms with Crippen molar-refractivity contribution in [1.82, 2.24) is 9.97 Å². The van der Waals surface area contributed by atoms with E-state index in [0.29, 0.717) is 6.54 Å². The Kier molecular flexibility index (Phi) is 2.60. The fourth-order valence-corrected chi connectivity index (χ4v) is 2.24. The van der Waals surface area contributed by atoms with E-state index in [9.17, 15) is 0 Å². The highest BCUT2D eigenvalue weighted by Gasteiger charge is 2.08. The summed E-state index contributed by atoms with van der Waals surface area (Å²) in [7, 11) is 1.99. The van der Waals surface area contributed by atoms with E-state index in [0.717, 1.165) is 22.6 Å². The minimum absolute atomic E-state index is 0.632. The van der Waals surface area contributed by atoms with Crippen LogP contribution < -0.4 is 10.6 Å². The molecule has 2 aromatic rings. The van der Waals surface area contributed by atoms with Crippen LogP contribution in [0.15, 0.2) is 17.8 Å². The molecule has 0 spiro atoms. The molecule has 2 rings (SSSR count). The first kappa shape index (κ1) is 9.36. The van der Waals surface area contributed by atoms with E-state index in [1.165, 1.54) is 0 Å². The first-order chi connectivity index (χ1) is 6.83. The van der Waals surface area contributed by atoms with E-state index in [1.54, 1.807) is 17.7 Å². The number of nitrogens with two attached hydrogens (primary N) is 1. The molecule has 0 atom stereocenters. The summed E-state index contributed by atoms with van der Waals surface area (Å²) in [6.07, 6.45) is 1.59. The van der Waals surface area contributed by atoms with Gasteiger partial charge in [-0.1, -0.05) is 0 Å². The van der Waals surface area contributed by atoms with Crippen molar-refractivity contribution in [3.8, 4) is 0 Å². The molecule has 0 saturated carbocycles. The molecule has 5 heteroatoms. The summed E-state index contributed by atoms with van der Waals surface area (Å²) in [6.45, 7) is 1.44. The third kappa shape index (κ3) is 1.56. The molecule has 0 amide bonds. The smallest absolute Gasteiger partial charge is 0.149 e. The fourth-order valence-electron chi connectivity index (χ4n) is 1.35. The SMILES string of the molecule is CN(CCN)c1ncnc2ccsc12. The van der Waals surface area contributed by atoms with Crippen molar-refractivity contribution in [1.29, 1.82) is 0 Å². The molecule has 2 aromatic heterocycles. The number of anilines is 1. The normalized spacial score (nSPS) is 10.7. The lowest BCUT2D eigenvalue weighted by molar-refractivity contribution is 0.871. The predicted molar refractivity (Wildman–Crippen MR) is 59.7 cm³/mol. The molecule has 0 saturated heterocycles. The van der Waals surface area contributed by atoms with E-state index < -0.39 is 0 Å². The predicted octanol–water partition coefficient (Wildman–Crippen LogP) is 1.09. The monoisotopic (exact) mass is 208 g/mol. The number of hydrogen-bond acceptors (Lipinski definition) is 5. The van der Waals surface area contributed by atoms with Crippen molar-refractivity contribution in [2.45, 2.75) is 0 Å². The molecular weight excluding hydrogens is 196 g/mol. The number of likely N-dealkylation sites (N-methyl/N-ethyl adjacent to an activating group) is 1. The van der Waals surface area contributed by atoms with Gasteiger partial charge in [0.1, 0.15) is 12.1 Å². The van der Waals surface area contributed by atoms with Crippen LogP contribution in [0.2, 0.25) is 0 Å². The van der Waals surface area contributed by atoms with Crippen molar-refractivity contribution < 1.29 is 0 Å². The largest absolute Gasteiger partial charge is 0.357 e. The Morgan fingerprint density at radius 3 is 3.14 bits per heavy atom. The minimum atomic E-state index is 0.632. The lowest BCUT2D eigenvalue weighted by Gasteiger charge is -2.16. The number of fused-ring (bicyclic) bond motifs is 1. The first-order valence-electron chi connectivity index (χ1n) is 4.42. The zero-order chi connectivity index (χ0) is 9.97. The molecular formula is C9H12N4S. The lowest BCUT2D eigenvalue weighted by Crippen LogP contribution is -2.25. The van der Waals surface area contributed by atoms with Gasteiger partial charge in [0.25, 0.3) is 0 Å². The van der Waals surface area contributed by atoms with Gasteiger partial charge in [0.2, 0.25) is 0 Å². The van der Waals surface area contributed by atoms with Crippen LogP contribution in [-0.2, 0) is 0 Å². The van der Waals surface area contributed by atoms with Gasteiger partial charge in [-0.25, -0.2) is 9.97 Å². The van der Waals surface area contributed by atoms with Gasteiger partial charge >= 0.3 is 0 Å². The maximum atomic E-state index is 5.50. The number of nitrogens with zero attached hydrogens (tertiary/aromatic N) is 3. The third-order valence-corrected chi connectivity index (χ3v) is 2.95. The van der Waals surface area contributed by atoms with Gasteiger partial charge in [0, 0.05) is 20.1 Å². The molecule has 0 aliphatic heterocycles. The molecule has 14 heavy (non-hydrogen) atoms. The van der Waals surface area contributed by atoms with Crippen LogP contribution in [0.5, 0.6) is 0 Å². The van der Waals surface area contributed by atoms with Crippen molar-refractivity contribution >= 4 is 27.4 Å². The standard InChI is InChI=1S/C9H12N4S/c1-13(4-3-10)9-8-7(2-5-14-8)11-6-12-9/h2,5-6H,3-4,10H2,1H3. The molecule has 0 aliphatic rings. The summed E-state index contributed by atoms with van der Waals surface area (Å²) in [5.41, 5.74) is 6.51. The summed E-state index contributed by atoms with van der Waals surface area (Å²) in [4.78, 5) is 10.5. The van der Waals surface area contributed by atoms with E-state index in [1.807, 2.05) is 18.5 Å². The Hall–Kier alpha value is -1.20. The highest BCUT2D eigenvalue weighted by molar-refractivity contribution is 7.17. The van der Waals surface area contributed by atoms with E-state index in [2.05, 4.69) is 14.9 Å². The van der Waals surface area contributed by atoms with Gasteiger partial charge in [0.15, 0.2) is 0 Å². The average molecular weight is 208 g/mol. The van der Waals surface area contributed by atoms with Crippen LogP contribution in [-0.4, -0.2) is 30.1 Å². The van der Waals surface area contributed by atoms with Crippen LogP contribution in [0.3, 0.4) is 0 Å². The Balaban J connectivity index is 2.45. The van der Waals surface area contributed by atoms with E-state index in [-0.39, 0.29) is 0 Å². The highest BCUT2D eigenvalue weighted by Crippen LogP contribution is 2.26. The summed E-state index contributed by atoms with van der Waals surface area (Å²) in [5.74, 6) is 0.968. The molecule has 2 heterocycles. The number of hydrogen-bond donors (Lipinski definition) is 1. The molecule has 74 valence electrons. The number of aromatic nitrogens is 2. The van der Waals surface area contributed by atoms with Crippen LogP contribution in [0, 0.1) is 0 Å². The zero-order valence-electron chi connectivity index (χ0n) is 7.97. The van der Waals surface area contributed by atoms with Gasteiger partial charge in [-0.3, -0.25) is 0 Å². The average Bonchev–Trinajstić information content (AvgIpc) is 2.65. The van der Waals surface area contributed by atoms with Crippen molar-refractivity contribution in [2.75, 3.05) is 25.0 Å². The maximum absolute atomic E-state index is 5.50. The van der Waals surface area contributed by atoms with Gasteiger partial charge in [-0.15, -0.1) is 11.3 Å². The van der Waals surface area contributed by atoms with Gasteiger partial charge in [-0.2, -0.15) is 0 Å². The van der Waals surface area contributed by atoms with Crippen LogP contribution in [0.4, 0.5) is 5.82 Å². The molecule has 0 aromatic carbocycles. The minimum Gasteiger partial charge on any atom is -0.357 e. The third-order valence-electron chi connectivity index (χ3n) is 2.05. The zero-order valence-corrected chi connectivity index (χ0v) is 8.79. The Morgan fingerprint density at radius 1 is 1.50 bits per heavy atom. The molecule has 0 aliphatic carbocycles. The molecule has 0 fully saturated rings. The van der Waals surface area contributed by atoms with Crippen molar-refractivity contribution in [3.63, 3.8) is 0 Å². The van der Waals surface area contributed by atoms with Crippen LogP contribution in [0.25, 0.3) is 10.2 Å². The highest BCUT2D eigenvalue weighted by atomic mass is 32.1. The Labute approximate surface area is 86.4 Å². The molecule has 0 unspecified atom stereocenters. The Morgan fingerprint density at radius 2 is 2.36 bits per heavy atom. The molecule has 0 radical (unpaired) electrons. The first-order valence-corrected chi connectivity index (χ1v) is 5.30. The van der Waals surface area contributed by atoms with Gasteiger partial charge in [-0.05, 0) is 11.4 Å². The quantitative estimate of drug-likeness (QED) is 0.820. The van der Waals surface area contributed by atoms with E-state index >= 15 is 0 Å². The second kappa shape index (κ2) is 3.89. The summed E-state index contributed by atoms with van der Waals surface area (Å²) >= 11 is 1.66. The second-order valence-electron chi connectivity index (χ2n) is 3.04. The van der Waals surface area contributed by atoms with Crippen molar-refractivity contribution in [3.05, 3.63) is 17.8 Å². The summed E-state index contributed by atoms with van der Waals surface area (Å²) < 4.78 is 1.13. The summed E-state index contributed by atoms with van der Waals surface area (Å²) in [6, 6.07) is 2.00. The molecule has 2 N–H and O–H groups in total. The second-order valence-corrected chi connectivity index (χ2v) is 3.96. The number of thiophene rings is 1. The fraction of sp³-hybridized carbons (Fsp3) is 0.333.